The maximum Gasteiger partial charge on any atom is 0.285 e. The molecule has 4 rings (SSSR count). The lowest BCUT2D eigenvalue weighted by Gasteiger charge is -2.24. The van der Waals surface area contributed by atoms with Crippen molar-refractivity contribution in [2.75, 3.05) is 23.0 Å². The molecular formula is C21H20N2O5S2. The minimum Gasteiger partial charge on any atom is -0.484 e. The predicted molar refractivity (Wildman–Crippen MR) is 117 cm³/mol. The number of nitrogens with zero attached hydrogens (tertiary/aromatic N) is 2. The van der Waals surface area contributed by atoms with Crippen molar-refractivity contribution in [2.45, 2.75) is 18.2 Å². The van der Waals surface area contributed by atoms with Gasteiger partial charge in [-0.3, -0.25) is 9.59 Å². The van der Waals surface area contributed by atoms with Crippen molar-refractivity contribution < 1.29 is 22.7 Å². The second-order valence-corrected chi connectivity index (χ2v) is 10.5. The monoisotopic (exact) mass is 444 g/mol. The molecule has 1 amide bonds. The molecule has 0 bridgehead atoms. The van der Waals surface area contributed by atoms with Crippen LogP contribution in [-0.4, -0.2) is 54.7 Å². The molecule has 2 heterocycles. The minimum atomic E-state index is -3.15. The molecule has 156 valence electrons. The van der Waals surface area contributed by atoms with E-state index in [9.17, 15) is 18.0 Å². The van der Waals surface area contributed by atoms with E-state index in [1.165, 1.54) is 18.7 Å². The van der Waals surface area contributed by atoms with Crippen molar-refractivity contribution in [1.82, 2.24) is 0 Å². The van der Waals surface area contributed by atoms with Crippen LogP contribution in [0.5, 0.6) is 5.75 Å². The quantitative estimate of drug-likeness (QED) is 0.655. The van der Waals surface area contributed by atoms with Gasteiger partial charge in [0.1, 0.15) is 5.75 Å². The highest BCUT2D eigenvalue weighted by Gasteiger charge is 2.49. The van der Waals surface area contributed by atoms with Crippen LogP contribution in [0.15, 0.2) is 59.6 Å². The van der Waals surface area contributed by atoms with Crippen LogP contribution in [0.25, 0.3) is 0 Å². The second kappa shape index (κ2) is 8.23. The summed E-state index contributed by atoms with van der Waals surface area (Å²) < 4.78 is 29.8. The van der Waals surface area contributed by atoms with E-state index in [1.807, 2.05) is 18.2 Å². The summed E-state index contributed by atoms with van der Waals surface area (Å²) in [5, 5.41) is 0.265. The fourth-order valence-electron chi connectivity index (χ4n) is 3.52. The van der Waals surface area contributed by atoms with Crippen molar-refractivity contribution >= 4 is 44.1 Å². The van der Waals surface area contributed by atoms with Gasteiger partial charge in [-0.1, -0.05) is 30.0 Å². The molecule has 30 heavy (non-hydrogen) atoms. The number of hydrogen-bond donors (Lipinski definition) is 0. The second-order valence-electron chi connectivity index (χ2n) is 7.16. The standard InChI is InChI=1S/C21H20N2O5S2/c1-14(24)15-7-9-16(10-8-15)23-18-12-30(26,27)13-19(18)29-21(23)22-20(25)11-28-17-5-3-2-4-6-17/h2-10,18-19H,11-13H2,1H3/t18-,19-/m1/s1. The van der Waals surface area contributed by atoms with Gasteiger partial charge in [0.2, 0.25) is 0 Å². The normalized spacial score (nSPS) is 23.4. The Morgan fingerprint density at radius 3 is 2.47 bits per heavy atom. The zero-order valence-electron chi connectivity index (χ0n) is 16.2. The van der Waals surface area contributed by atoms with Gasteiger partial charge in [0, 0.05) is 16.5 Å². The first-order valence-electron chi connectivity index (χ1n) is 9.39. The number of carbonyl (C=O) groups excluding carboxylic acids is 2. The van der Waals surface area contributed by atoms with E-state index >= 15 is 0 Å². The summed E-state index contributed by atoms with van der Waals surface area (Å²) in [4.78, 5) is 30.0. The zero-order valence-corrected chi connectivity index (χ0v) is 17.9. The number of thioether (sulfide) groups is 1. The van der Waals surface area contributed by atoms with Gasteiger partial charge in [0.15, 0.2) is 27.4 Å². The van der Waals surface area contributed by atoms with Crippen LogP contribution in [0.4, 0.5) is 5.69 Å². The molecule has 2 fully saturated rings. The Kier molecular flexibility index (Phi) is 5.66. The van der Waals surface area contributed by atoms with Crippen LogP contribution >= 0.6 is 11.8 Å². The van der Waals surface area contributed by atoms with Crippen LogP contribution in [0.3, 0.4) is 0 Å². The lowest BCUT2D eigenvalue weighted by molar-refractivity contribution is -0.119. The first kappa shape index (κ1) is 20.6. The lowest BCUT2D eigenvalue weighted by Crippen LogP contribution is -2.37. The third kappa shape index (κ3) is 4.41. The first-order chi connectivity index (χ1) is 14.3. The summed E-state index contributed by atoms with van der Waals surface area (Å²) in [6.45, 7) is 1.28. The van der Waals surface area contributed by atoms with E-state index in [-0.39, 0.29) is 35.2 Å². The smallest absolute Gasteiger partial charge is 0.285 e. The maximum absolute atomic E-state index is 12.4. The van der Waals surface area contributed by atoms with Gasteiger partial charge in [0.25, 0.3) is 5.91 Å². The highest BCUT2D eigenvalue weighted by atomic mass is 32.2. The Hall–Kier alpha value is -2.65. The molecule has 0 N–H and O–H groups in total. The molecule has 2 saturated heterocycles. The average molecular weight is 445 g/mol. The van der Waals surface area contributed by atoms with Crippen LogP contribution in [0.2, 0.25) is 0 Å². The van der Waals surface area contributed by atoms with Crippen molar-refractivity contribution in [1.29, 1.82) is 0 Å². The number of hydrogen-bond acceptors (Lipinski definition) is 6. The van der Waals surface area contributed by atoms with Crippen molar-refractivity contribution in [2.24, 2.45) is 4.99 Å². The highest BCUT2D eigenvalue weighted by molar-refractivity contribution is 8.16. The molecule has 0 aliphatic carbocycles. The molecule has 2 aliphatic rings. The van der Waals surface area contributed by atoms with E-state index in [2.05, 4.69) is 4.99 Å². The van der Waals surface area contributed by atoms with Crippen molar-refractivity contribution in [3.05, 3.63) is 60.2 Å². The number of para-hydroxylation sites is 1. The van der Waals surface area contributed by atoms with Gasteiger partial charge in [-0.2, -0.15) is 4.99 Å². The van der Waals surface area contributed by atoms with Crippen LogP contribution in [-0.2, 0) is 14.6 Å². The summed E-state index contributed by atoms with van der Waals surface area (Å²) >= 11 is 1.30. The van der Waals surface area contributed by atoms with Crippen molar-refractivity contribution in [3.63, 3.8) is 0 Å². The Balaban J connectivity index is 1.58. The van der Waals surface area contributed by atoms with E-state index in [0.29, 0.717) is 22.2 Å². The van der Waals surface area contributed by atoms with E-state index in [1.54, 1.807) is 41.3 Å². The van der Waals surface area contributed by atoms with E-state index in [4.69, 9.17) is 4.74 Å². The third-order valence-corrected chi connectivity index (χ3v) is 8.15. The number of amides is 1. The molecule has 0 unspecified atom stereocenters. The number of rotatable bonds is 5. The molecular weight excluding hydrogens is 424 g/mol. The molecule has 0 spiro atoms. The Bertz CT molecular complexity index is 1100. The topological polar surface area (TPSA) is 93.1 Å². The molecule has 0 aromatic heterocycles. The molecule has 0 saturated carbocycles. The Morgan fingerprint density at radius 1 is 1.10 bits per heavy atom. The molecule has 2 aliphatic heterocycles. The van der Waals surface area contributed by atoms with Crippen LogP contribution in [0, 0.1) is 0 Å². The Labute approximate surface area is 179 Å². The fraction of sp³-hybridized carbons (Fsp3) is 0.286. The fourth-order valence-corrected chi connectivity index (χ4v) is 7.46. The number of benzene rings is 2. The number of ketones is 1. The van der Waals surface area contributed by atoms with Crippen molar-refractivity contribution in [3.8, 4) is 5.75 Å². The molecule has 2 atom stereocenters. The minimum absolute atomic E-state index is 0.00680. The number of anilines is 1. The van der Waals surface area contributed by atoms with E-state index in [0.717, 1.165) is 0 Å². The number of fused-ring (bicyclic) bond motifs is 1. The first-order valence-corrected chi connectivity index (χ1v) is 12.1. The number of sulfone groups is 1. The zero-order chi connectivity index (χ0) is 21.3. The summed E-state index contributed by atoms with van der Waals surface area (Å²) in [5.74, 6) is 0.130. The largest absolute Gasteiger partial charge is 0.484 e. The van der Waals surface area contributed by atoms with Gasteiger partial charge in [0.05, 0.1) is 17.5 Å². The summed E-state index contributed by atoms with van der Waals surface area (Å²) in [6, 6.07) is 15.6. The van der Waals surface area contributed by atoms with Crippen LogP contribution in [0.1, 0.15) is 17.3 Å². The predicted octanol–water partition coefficient (Wildman–Crippen LogP) is 2.57. The molecule has 9 heteroatoms. The molecule has 7 nitrogen and oxygen atoms in total. The number of Topliss-reactive ketones (excluding diaryl/α,β-unsaturated/α-hetero) is 1. The summed E-state index contributed by atoms with van der Waals surface area (Å²) in [6.07, 6.45) is 0. The Morgan fingerprint density at radius 2 is 1.80 bits per heavy atom. The van der Waals surface area contributed by atoms with Gasteiger partial charge >= 0.3 is 0 Å². The number of amidine groups is 1. The maximum atomic E-state index is 12.4. The molecule has 2 aromatic carbocycles. The van der Waals surface area contributed by atoms with Gasteiger partial charge in [-0.05, 0) is 43.3 Å². The molecule has 0 radical (unpaired) electrons. The lowest BCUT2D eigenvalue weighted by atomic mass is 10.1. The number of ether oxygens (including phenoxy) is 1. The summed E-state index contributed by atoms with van der Waals surface area (Å²) in [5.41, 5.74) is 1.26. The van der Waals surface area contributed by atoms with Crippen LogP contribution < -0.4 is 9.64 Å². The highest BCUT2D eigenvalue weighted by Crippen LogP contribution is 2.41. The van der Waals surface area contributed by atoms with Gasteiger partial charge < -0.3 is 9.64 Å². The van der Waals surface area contributed by atoms with Gasteiger partial charge in [-0.15, -0.1) is 0 Å². The van der Waals surface area contributed by atoms with Gasteiger partial charge in [-0.25, -0.2) is 8.42 Å². The van der Waals surface area contributed by atoms with E-state index < -0.39 is 15.7 Å². The summed E-state index contributed by atoms with van der Waals surface area (Å²) in [7, 11) is -3.15. The number of carbonyl (C=O) groups is 2. The molecule has 2 aromatic rings. The number of aliphatic imine (C=N–C) groups is 1. The SMILES string of the molecule is CC(=O)c1ccc(N2C(=NC(=O)COc3ccccc3)S[C@@H]3CS(=O)(=O)C[C@H]32)cc1. The average Bonchev–Trinajstić information content (AvgIpc) is 3.18. The third-order valence-electron chi connectivity index (χ3n) is 4.94.